The summed E-state index contributed by atoms with van der Waals surface area (Å²) in [5.74, 6) is 0. The Kier molecular flexibility index (Phi) is 3.13. The van der Waals surface area contributed by atoms with Crippen molar-refractivity contribution < 1.29 is 0 Å². The Morgan fingerprint density at radius 3 is 3.07 bits per heavy atom. The molecular weight excluding hydrogens is 256 g/mol. The van der Waals surface area contributed by atoms with Crippen LogP contribution in [0.1, 0.15) is 5.69 Å². The van der Waals surface area contributed by atoms with E-state index in [1.807, 2.05) is 37.5 Å². The molecule has 0 aliphatic heterocycles. The maximum absolute atomic E-state index is 4.05. The van der Waals surface area contributed by atoms with Gasteiger partial charge in [0.1, 0.15) is 0 Å². The van der Waals surface area contributed by atoms with Gasteiger partial charge in [-0.1, -0.05) is 27.2 Å². The van der Waals surface area contributed by atoms with E-state index in [0.29, 0.717) is 0 Å². The van der Waals surface area contributed by atoms with Gasteiger partial charge in [0.15, 0.2) is 0 Å². The fourth-order valence-corrected chi connectivity index (χ4v) is 1.69. The first-order valence-corrected chi connectivity index (χ1v) is 5.40. The lowest BCUT2D eigenvalue weighted by Crippen LogP contribution is -2.04. The fraction of sp³-hybridized carbons (Fsp3) is 0.200. The van der Waals surface area contributed by atoms with Crippen molar-refractivity contribution in [1.82, 2.24) is 20.3 Å². The summed E-state index contributed by atoms with van der Waals surface area (Å²) in [5.41, 5.74) is 1.93. The van der Waals surface area contributed by atoms with Crippen molar-refractivity contribution in [2.75, 3.05) is 7.05 Å². The zero-order chi connectivity index (χ0) is 10.7. The summed E-state index contributed by atoms with van der Waals surface area (Å²) < 4.78 is 2.79. The first-order valence-electron chi connectivity index (χ1n) is 4.61. The minimum Gasteiger partial charge on any atom is -0.314 e. The first-order chi connectivity index (χ1) is 7.29. The van der Waals surface area contributed by atoms with E-state index in [-0.39, 0.29) is 0 Å². The lowest BCUT2D eigenvalue weighted by atomic mass is 10.3. The number of hydrogen-bond acceptors (Lipinski definition) is 3. The third kappa shape index (κ3) is 2.43. The number of nitrogens with zero attached hydrogens (tertiary/aromatic N) is 3. The SMILES string of the molecule is CNCc1cn(-c2cccc(Br)c2)nn1. The normalized spacial score (nSPS) is 10.5. The Morgan fingerprint density at radius 1 is 1.47 bits per heavy atom. The molecule has 0 fully saturated rings. The molecule has 2 rings (SSSR count). The molecule has 0 radical (unpaired) electrons. The highest BCUT2D eigenvalue weighted by Gasteiger charge is 2.01. The van der Waals surface area contributed by atoms with E-state index in [9.17, 15) is 0 Å². The molecule has 4 nitrogen and oxygen atoms in total. The number of nitrogens with one attached hydrogen (secondary N) is 1. The Morgan fingerprint density at radius 2 is 2.33 bits per heavy atom. The summed E-state index contributed by atoms with van der Waals surface area (Å²) >= 11 is 3.42. The molecule has 0 spiro atoms. The van der Waals surface area contributed by atoms with Crippen molar-refractivity contribution in [1.29, 1.82) is 0 Å². The van der Waals surface area contributed by atoms with E-state index < -0.39 is 0 Å². The predicted octanol–water partition coefficient (Wildman–Crippen LogP) is 1.75. The molecule has 2 aromatic rings. The molecule has 0 aliphatic rings. The third-order valence-electron chi connectivity index (χ3n) is 1.97. The summed E-state index contributed by atoms with van der Waals surface area (Å²) in [6, 6.07) is 7.94. The van der Waals surface area contributed by atoms with Crippen LogP contribution in [0, 0.1) is 0 Å². The zero-order valence-corrected chi connectivity index (χ0v) is 9.90. The second-order valence-electron chi connectivity index (χ2n) is 3.16. The smallest absolute Gasteiger partial charge is 0.0969 e. The van der Waals surface area contributed by atoms with E-state index in [2.05, 4.69) is 31.6 Å². The minimum absolute atomic E-state index is 0.730. The van der Waals surface area contributed by atoms with Crippen LogP contribution in [0.4, 0.5) is 0 Å². The standard InChI is InChI=1S/C10H11BrN4/c1-12-6-9-7-15(14-13-9)10-4-2-3-8(11)5-10/h2-5,7,12H,6H2,1H3. The van der Waals surface area contributed by atoms with Crippen LogP contribution in [0.2, 0.25) is 0 Å². The van der Waals surface area contributed by atoms with Crippen molar-refractivity contribution >= 4 is 15.9 Å². The van der Waals surface area contributed by atoms with Gasteiger partial charge in [0.05, 0.1) is 17.6 Å². The van der Waals surface area contributed by atoms with E-state index in [1.165, 1.54) is 0 Å². The molecule has 0 amide bonds. The summed E-state index contributed by atoms with van der Waals surface area (Å²) in [5, 5.41) is 11.1. The van der Waals surface area contributed by atoms with E-state index >= 15 is 0 Å². The molecule has 5 heteroatoms. The molecule has 0 aliphatic carbocycles. The number of halogens is 1. The highest BCUT2D eigenvalue weighted by atomic mass is 79.9. The summed E-state index contributed by atoms with van der Waals surface area (Å²) in [6.07, 6.45) is 1.91. The predicted molar refractivity (Wildman–Crippen MR) is 61.8 cm³/mol. The minimum atomic E-state index is 0.730. The second-order valence-corrected chi connectivity index (χ2v) is 4.08. The molecular formula is C10H11BrN4. The van der Waals surface area contributed by atoms with Crippen molar-refractivity contribution in [3.05, 3.63) is 40.6 Å². The Bertz CT molecular complexity index is 452. The van der Waals surface area contributed by atoms with Gasteiger partial charge in [0.2, 0.25) is 0 Å². The van der Waals surface area contributed by atoms with Crippen molar-refractivity contribution in [3.8, 4) is 5.69 Å². The largest absolute Gasteiger partial charge is 0.314 e. The highest BCUT2D eigenvalue weighted by Crippen LogP contribution is 2.14. The van der Waals surface area contributed by atoms with Crippen LogP contribution in [-0.2, 0) is 6.54 Å². The molecule has 1 N–H and O–H groups in total. The van der Waals surface area contributed by atoms with Gasteiger partial charge in [0, 0.05) is 11.0 Å². The van der Waals surface area contributed by atoms with Gasteiger partial charge in [-0.3, -0.25) is 0 Å². The van der Waals surface area contributed by atoms with Crippen molar-refractivity contribution in [2.24, 2.45) is 0 Å². The monoisotopic (exact) mass is 266 g/mol. The van der Waals surface area contributed by atoms with Gasteiger partial charge in [-0.2, -0.15) is 0 Å². The molecule has 0 unspecified atom stereocenters. The quantitative estimate of drug-likeness (QED) is 0.921. The molecule has 0 saturated heterocycles. The van der Waals surface area contributed by atoms with Crippen LogP contribution in [0.5, 0.6) is 0 Å². The van der Waals surface area contributed by atoms with Crippen LogP contribution in [-0.4, -0.2) is 22.0 Å². The first kappa shape index (κ1) is 10.3. The number of hydrogen-bond donors (Lipinski definition) is 1. The Balaban J connectivity index is 2.29. The molecule has 15 heavy (non-hydrogen) atoms. The lowest BCUT2D eigenvalue weighted by Gasteiger charge is -1.99. The molecule has 0 bridgehead atoms. The average Bonchev–Trinajstić information content (AvgIpc) is 2.67. The average molecular weight is 267 g/mol. The summed E-state index contributed by atoms with van der Waals surface area (Å²) in [7, 11) is 1.89. The maximum Gasteiger partial charge on any atom is 0.0969 e. The molecule has 1 heterocycles. The van der Waals surface area contributed by atoms with Crippen LogP contribution >= 0.6 is 15.9 Å². The molecule has 1 aromatic heterocycles. The van der Waals surface area contributed by atoms with Crippen LogP contribution < -0.4 is 5.32 Å². The van der Waals surface area contributed by atoms with Crippen molar-refractivity contribution in [3.63, 3.8) is 0 Å². The van der Waals surface area contributed by atoms with Gasteiger partial charge in [-0.15, -0.1) is 5.10 Å². The van der Waals surface area contributed by atoms with Crippen molar-refractivity contribution in [2.45, 2.75) is 6.54 Å². The lowest BCUT2D eigenvalue weighted by molar-refractivity contribution is 0.767. The molecule has 0 saturated carbocycles. The van der Waals surface area contributed by atoms with Gasteiger partial charge in [0.25, 0.3) is 0 Å². The topological polar surface area (TPSA) is 42.7 Å². The Labute approximate surface area is 96.4 Å². The van der Waals surface area contributed by atoms with Crippen LogP contribution in [0.25, 0.3) is 5.69 Å². The molecule has 0 atom stereocenters. The summed E-state index contributed by atoms with van der Waals surface area (Å²) in [6.45, 7) is 0.730. The number of rotatable bonds is 3. The van der Waals surface area contributed by atoms with E-state index in [0.717, 1.165) is 22.4 Å². The number of benzene rings is 1. The third-order valence-corrected chi connectivity index (χ3v) is 2.46. The molecule has 78 valence electrons. The van der Waals surface area contributed by atoms with Gasteiger partial charge in [-0.25, -0.2) is 4.68 Å². The van der Waals surface area contributed by atoms with Gasteiger partial charge >= 0.3 is 0 Å². The second kappa shape index (κ2) is 4.55. The zero-order valence-electron chi connectivity index (χ0n) is 8.31. The highest BCUT2D eigenvalue weighted by molar-refractivity contribution is 9.10. The fourth-order valence-electron chi connectivity index (χ4n) is 1.31. The van der Waals surface area contributed by atoms with Gasteiger partial charge < -0.3 is 5.32 Å². The van der Waals surface area contributed by atoms with E-state index in [4.69, 9.17) is 0 Å². The van der Waals surface area contributed by atoms with Crippen LogP contribution in [0.15, 0.2) is 34.9 Å². The van der Waals surface area contributed by atoms with Gasteiger partial charge in [-0.05, 0) is 25.2 Å². The van der Waals surface area contributed by atoms with E-state index in [1.54, 1.807) is 4.68 Å². The number of aromatic nitrogens is 3. The Hall–Kier alpha value is -1.20. The maximum atomic E-state index is 4.05. The van der Waals surface area contributed by atoms with Crippen LogP contribution in [0.3, 0.4) is 0 Å². The molecule has 1 aromatic carbocycles. The summed E-state index contributed by atoms with van der Waals surface area (Å²) in [4.78, 5) is 0.